The molecule has 1 N–H and O–H groups in total. The molecule has 0 bridgehead atoms. The Balaban J connectivity index is 2.42. The predicted octanol–water partition coefficient (Wildman–Crippen LogP) is 3.50. The average molecular weight is 361 g/mol. The summed E-state index contributed by atoms with van der Waals surface area (Å²) in [5.74, 6) is -2.17. The van der Waals surface area contributed by atoms with Crippen LogP contribution < -0.4 is 5.32 Å². The first-order chi connectivity index (χ1) is 11.0. The minimum absolute atomic E-state index is 0.275. The van der Waals surface area contributed by atoms with Crippen LogP contribution in [0.2, 0.25) is 0 Å². The maximum Gasteiger partial charge on any atom is 0.417 e. The second kappa shape index (κ2) is 6.23. The number of nitrogens with one attached hydrogen (secondary N) is 1. The first kappa shape index (κ1) is 17.9. The average Bonchev–Trinajstić information content (AvgIpc) is 2.47. The van der Waals surface area contributed by atoms with Crippen molar-refractivity contribution in [1.29, 1.82) is 0 Å². The van der Waals surface area contributed by atoms with Crippen LogP contribution in [0.4, 0.5) is 23.2 Å². The number of hydrogen-bond acceptors (Lipinski definition) is 3. The Morgan fingerprint density at radius 2 is 1.71 bits per heavy atom. The van der Waals surface area contributed by atoms with Gasteiger partial charge in [0.1, 0.15) is 5.82 Å². The summed E-state index contributed by atoms with van der Waals surface area (Å²) in [4.78, 5) is 11.8. The highest BCUT2D eigenvalue weighted by molar-refractivity contribution is 7.90. The van der Waals surface area contributed by atoms with E-state index in [0.717, 1.165) is 42.7 Å². The third kappa shape index (κ3) is 3.91. The van der Waals surface area contributed by atoms with Gasteiger partial charge in [0.25, 0.3) is 5.91 Å². The molecular formula is C15H11F4NO3S. The van der Waals surface area contributed by atoms with Crippen molar-refractivity contribution < 1.29 is 30.8 Å². The van der Waals surface area contributed by atoms with Gasteiger partial charge in [0, 0.05) is 6.26 Å². The van der Waals surface area contributed by atoms with Gasteiger partial charge in [0.15, 0.2) is 9.84 Å². The third-order valence-electron chi connectivity index (χ3n) is 3.09. The molecule has 0 aliphatic rings. The van der Waals surface area contributed by atoms with E-state index < -0.39 is 44.6 Å². The summed E-state index contributed by atoms with van der Waals surface area (Å²) in [6, 6.07) is 6.65. The van der Waals surface area contributed by atoms with Crippen LogP contribution in [-0.4, -0.2) is 20.6 Å². The lowest BCUT2D eigenvalue weighted by atomic mass is 10.1. The van der Waals surface area contributed by atoms with Gasteiger partial charge in [-0.1, -0.05) is 12.1 Å². The molecule has 0 saturated heterocycles. The molecule has 2 aromatic carbocycles. The maximum atomic E-state index is 13.7. The van der Waals surface area contributed by atoms with Gasteiger partial charge in [0.05, 0.1) is 21.7 Å². The molecule has 0 aliphatic carbocycles. The number of alkyl halides is 3. The molecule has 0 radical (unpaired) electrons. The minimum Gasteiger partial charge on any atom is -0.319 e. The van der Waals surface area contributed by atoms with E-state index in [9.17, 15) is 30.8 Å². The fourth-order valence-corrected chi connectivity index (χ4v) is 2.60. The van der Waals surface area contributed by atoms with Crippen LogP contribution in [0.15, 0.2) is 47.4 Å². The van der Waals surface area contributed by atoms with Gasteiger partial charge < -0.3 is 5.32 Å². The van der Waals surface area contributed by atoms with Crippen LogP contribution in [0.25, 0.3) is 0 Å². The van der Waals surface area contributed by atoms with Gasteiger partial charge in [-0.3, -0.25) is 4.79 Å². The van der Waals surface area contributed by atoms with Gasteiger partial charge in [-0.25, -0.2) is 12.8 Å². The van der Waals surface area contributed by atoms with Crippen molar-refractivity contribution in [3.05, 3.63) is 59.4 Å². The van der Waals surface area contributed by atoms with Crippen molar-refractivity contribution in [3.8, 4) is 0 Å². The lowest BCUT2D eigenvalue weighted by Crippen LogP contribution is -2.19. The van der Waals surface area contributed by atoms with Gasteiger partial charge in [-0.2, -0.15) is 13.2 Å². The predicted molar refractivity (Wildman–Crippen MR) is 78.9 cm³/mol. The Labute approximate surface area is 135 Å². The SMILES string of the molecule is CS(=O)(=O)c1ccc(F)c(NC(=O)c2ccccc2C(F)(F)F)c1. The number of amides is 1. The largest absolute Gasteiger partial charge is 0.417 e. The smallest absolute Gasteiger partial charge is 0.319 e. The zero-order valence-corrected chi connectivity index (χ0v) is 13.0. The summed E-state index contributed by atoms with van der Waals surface area (Å²) in [5.41, 5.74) is -2.41. The number of carbonyl (C=O) groups excluding carboxylic acids is 1. The molecule has 4 nitrogen and oxygen atoms in total. The van der Waals surface area contributed by atoms with Gasteiger partial charge >= 0.3 is 6.18 Å². The molecule has 2 aromatic rings. The number of benzene rings is 2. The lowest BCUT2D eigenvalue weighted by molar-refractivity contribution is -0.137. The molecule has 2 rings (SSSR count). The van der Waals surface area contributed by atoms with Crippen LogP contribution in [0.1, 0.15) is 15.9 Å². The quantitative estimate of drug-likeness (QED) is 0.672. The summed E-state index contributed by atoms with van der Waals surface area (Å²) in [5, 5.41) is 1.97. The van der Waals surface area contributed by atoms with Crippen molar-refractivity contribution in [3.63, 3.8) is 0 Å². The van der Waals surface area contributed by atoms with E-state index in [0.29, 0.717) is 0 Å². The maximum absolute atomic E-state index is 13.7. The standard InChI is InChI=1S/C15H11F4NO3S/c1-24(22,23)9-6-7-12(16)13(8-9)20-14(21)10-4-2-3-5-11(10)15(17,18)19/h2-8H,1H3,(H,20,21). The zero-order valence-electron chi connectivity index (χ0n) is 12.2. The van der Waals surface area contributed by atoms with Crippen LogP contribution in [0.3, 0.4) is 0 Å². The van der Waals surface area contributed by atoms with Crippen LogP contribution in [0, 0.1) is 5.82 Å². The van der Waals surface area contributed by atoms with E-state index in [2.05, 4.69) is 0 Å². The van der Waals surface area contributed by atoms with Crippen LogP contribution in [-0.2, 0) is 16.0 Å². The number of halogens is 4. The summed E-state index contributed by atoms with van der Waals surface area (Å²) < 4.78 is 75.4. The molecule has 0 spiro atoms. The monoisotopic (exact) mass is 361 g/mol. The highest BCUT2D eigenvalue weighted by atomic mass is 32.2. The topological polar surface area (TPSA) is 63.2 Å². The van der Waals surface area contributed by atoms with Crippen LogP contribution in [0.5, 0.6) is 0 Å². The molecule has 0 atom stereocenters. The summed E-state index contributed by atoms with van der Waals surface area (Å²) in [6.07, 6.45) is -3.88. The summed E-state index contributed by atoms with van der Waals surface area (Å²) in [7, 11) is -3.67. The van der Waals surface area contributed by atoms with E-state index in [1.165, 1.54) is 6.07 Å². The van der Waals surface area contributed by atoms with E-state index in [1.807, 2.05) is 5.32 Å². The second-order valence-corrected chi connectivity index (χ2v) is 6.93. The Bertz CT molecular complexity index is 892. The van der Waals surface area contributed by atoms with Crippen molar-refractivity contribution in [1.82, 2.24) is 0 Å². The second-order valence-electron chi connectivity index (χ2n) is 4.91. The van der Waals surface area contributed by atoms with E-state index in [4.69, 9.17) is 0 Å². The highest BCUT2D eigenvalue weighted by Gasteiger charge is 2.35. The molecule has 0 aliphatic heterocycles. The highest BCUT2D eigenvalue weighted by Crippen LogP contribution is 2.32. The number of sulfone groups is 1. The summed E-state index contributed by atoms with van der Waals surface area (Å²) >= 11 is 0. The molecular weight excluding hydrogens is 350 g/mol. The van der Waals surface area contributed by atoms with Crippen molar-refractivity contribution in [2.24, 2.45) is 0 Å². The van der Waals surface area contributed by atoms with Crippen molar-refractivity contribution >= 4 is 21.4 Å². The zero-order chi connectivity index (χ0) is 18.1. The molecule has 0 saturated carbocycles. The first-order valence-corrected chi connectivity index (χ1v) is 8.36. The lowest BCUT2D eigenvalue weighted by Gasteiger charge is -2.13. The van der Waals surface area contributed by atoms with E-state index in [-0.39, 0.29) is 4.90 Å². The third-order valence-corrected chi connectivity index (χ3v) is 4.20. The number of anilines is 1. The Morgan fingerprint density at radius 1 is 1.08 bits per heavy atom. The van der Waals surface area contributed by atoms with Gasteiger partial charge in [-0.05, 0) is 30.3 Å². The normalized spacial score (nSPS) is 12.0. The molecule has 0 unspecified atom stereocenters. The van der Waals surface area contributed by atoms with Gasteiger partial charge in [0.2, 0.25) is 0 Å². The number of hydrogen-bond donors (Lipinski definition) is 1. The fraction of sp³-hybridized carbons (Fsp3) is 0.133. The number of carbonyl (C=O) groups is 1. The molecule has 9 heteroatoms. The fourth-order valence-electron chi connectivity index (χ4n) is 1.95. The van der Waals surface area contributed by atoms with E-state index >= 15 is 0 Å². The molecule has 0 fully saturated rings. The minimum atomic E-state index is -4.76. The van der Waals surface area contributed by atoms with Crippen molar-refractivity contribution in [2.75, 3.05) is 11.6 Å². The Hall–Kier alpha value is -2.42. The van der Waals surface area contributed by atoms with Crippen LogP contribution >= 0.6 is 0 Å². The Kier molecular flexibility index (Phi) is 4.66. The number of rotatable bonds is 3. The molecule has 0 heterocycles. The van der Waals surface area contributed by atoms with Gasteiger partial charge in [-0.15, -0.1) is 0 Å². The van der Waals surface area contributed by atoms with Crippen molar-refractivity contribution in [2.45, 2.75) is 11.1 Å². The molecule has 128 valence electrons. The van der Waals surface area contributed by atoms with E-state index in [1.54, 1.807) is 0 Å². The Morgan fingerprint density at radius 3 is 2.29 bits per heavy atom. The first-order valence-electron chi connectivity index (χ1n) is 6.47. The molecule has 0 aromatic heterocycles. The molecule has 1 amide bonds. The summed E-state index contributed by atoms with van der Waals surface area (Å²) in [6.45, 7) is 0. The molecule has 24 heavy (non-hydrogen) atoms.